The summed E-state index contributed by atoms with van der Waals surface area (Å²) in [5.74, 6) is 0.215. The highest BCUT2D eigenvalue weighted by Crippen LogP contribution is 2.36. The SMILES string of the molecule is CCN(CC)c1ccc(-c2c(C)cccc2C(=N)N)c(O)c1. The molecular weight excluding hydrogens is 274 g/mol. The highest BCUT2D eigenvalue weighted by molar-refractivity contribution is 6.03. The first-order valence-electron chi connectivity index (χ1n) is 7.51. The number of nitrogen functional groups attached to an aromatic ring is 1. The van der Waals surface area contributed by atoms with Crippen molar-refractivity contribution < 1.29 is 5.11 Å². The van der Waals surface area contributed by atoms with Crippen LogP contribution in [0.5, 0.6) is 5.75 Å². The monoisotopic (exact) mass is 297 g/mol. The molecule has 4 heteroatoms. The van der Waals surface area contributed by atoms with Crippen LogP contribution in [0.25, 0.3) is 11.1 Å². The van der Waals surface area contributed by atoms with Crippen molar-refractivity contribution in [3.8, 4) is 16.9 Å². The van der Waals surface area contributed by atoms with Crippen LogP contribution in [-0.2, 0) is 0 Å². The van der Waals surface area contributed by atoms with Gasteiger partial charge in [0.2, 0.25) is 0 Å². The average Bonchev–Trinajstić information content (AvgIpc) is 2.49. The Morgan fingerprint density at radius 1 is 1.18 bits per heavy atom. The van der Waals surface area contributed by atoms with Crippen LogP contribution in [0.15, 0.2) is 36.4 Å². The second-order valence-electron chi connectivity index (χ2n) is 5.28. The first-order chi connectivity index (χ1) is 10.5. The van der Waals surface area contributed by atoms with Crippen molar-refractivity contribution in [3.05, 3.63) is 47.5 Å². The second-order valence-corrected chi connectivity index (χ2v) is 5.28. The first kappa shape index (κ1) is 15.9. The quantitative estimate of drug-likeness (QED) is 0.584. The largest absolute Gasteiger partial charge is 0.507 e. The van der Waals surface area contributed by atoms with Gasteiger partial charge in [-0.2, -0.15) is 0 Å². The Morgan fingerprint density at radius 3 is 2.41 bits per heavy atom. The number of hydrogen-bond acceptors (Lipinski definition) is 3. The van der Waals surface area contributed by atoms with Gasteiger partial charge in [0.25, 0.3) is 0 Å². The van der Waals surface area contributed by atoms with E-state index in [4.69, 9.17) is 11.1 Å². The van der Waals surface area contributed by atoms with Crippen LogP contribution in [0.2, 0.25) is 0 Å². The van der Waals surface area contributed by atoms with Gasteiger partial charge in [0.1, 0.15) is 11.6 Å². The maximum Gasteiger partial charge on any atom is 0.125 e. The number of rotatable bonds is 5. The van der Waals surface area contributed by atoms with E-state index in [1.54, 1.807) is 6.07 Å². The van der Waals surface area contributed by atoms with Crippen LogP contribution in [0.3, 0.4) is 0 Å². The molecule has 0 saturated heterocycles. The number of anilines is 1. The molecule has 0 atom stereocenters. The Labute approximate surface area is 131 Å². The lowest BCUT2D eigenvalue weighted by atomic mass is 9.93. The Balaban J connectivity index is 2.58. The fourth-order valence-corrected chi connectivity index (χ4v) is 2.77. The zero-order valence-corrected chi connectivity index (χ0v) is 13.4. The van der Waals surface area contributed by atoms with E-state index in [1.807, 2.05) is 37.3 Å². The summed E-state index contributed by atoms with van der Waals surface area (Å²) in [5, 5.41) is 18.2. The van der Waals surface area contributed by atoms with Gasteiger partial charge in [-0.3, -0.25) is 5.41 Å². The summed E-state index contributed by atoms with van der Waals surface area (Å²) in [5.41, 5.74) is 9.83. The van der Waals surface area contributed by atoms with E-state index >= 15 is 0 Å². The topological polar surface area (TPSA) is 73.3 Å². The van der Waals surface area contributed by atoms with Crippen LogP contribution < -0.4 is 10.6 Å². The molecule has 116 valence electrons. The number of hydrogen-bond donors (Lipinski definition) is 3. The van der Waals surface area contributed by atoms with Crippen LogP contribution in [-0.4, -0.2) is 24.0 Å². The van der Waals surface area contributed by atoms with E-state index in [0.29, 0.717) is 11.1 Å². The van der Waals surface area contributed by atoms with Crippen molar-refractivity contribution in [2.75, 3.05) is 18.0 Å². The number of aryl methyl sites for hydroxylation is 1. The van der Waals surface area contributed by atoms with Crippen LogP contribution in [0, 0.1) is 12.3 Å². The molecule has 0 bridgehead atoms. The lowest BCUT2D eigenvalue weighted by Crippen LogP contribution is -2.21. The number of phenols is 1. The number of benzene rings is 2. The number of nitrogens with one attached hydrogen (secondary N) is 1. The Bertz CT molecular complexity index is 691. The number of aromatic hydroxyl groups is 1. The minimum Gasteiger partial charge on any atom is -0.507 e. The maximum atomic E-state index is 10.5. The molecule has 0 unspecified atom stereocenters. The fourth-order valence-electron chi connectivity index (χ4n) is 2.77. The molecule has 4 nitrogen and oxygen atoms in total. The van der Waals surface area contributed by atoms with Crippen LogP contribution in [0.4, 0.5) is 5.69 Å². The zero-order chi connectivity index (χ0) is 16.3. The van der Waals surface area contributed by atoms with Gasteiger partial charge in [-0.15, -0.1) is 0 Å². The third-order valence-electron chi connectivity index (χ3n) is 3.94. The number of amidine groups is 1. The van der Waals surface area contributed by atoms with Gasteiger partial charge in [-0.05, 0) is 44.0 Å². The Kier molecular flexibility index (Phi) is 4.71. The molecule has 4 N–H and O–H groups in total. The molecule has 0 amide bonds. The summed E-state index contributed by atoms with van der Waals surface area (Å²) in [7, 11) is 0. The summed E-state index contributed by atoms with van der Waals surface area (Å²) in [6.07, 6.45) is 0. The predicted octanol–water partition coefficient (Wildman–Crippen LogP) is 3.50. The van der Waals surface area contributed by atoms with Gasteiger partial charge in [0.05, 0.1) is 0 Å². The molecular formula is C18H23N3O. The summed E-state index contributed by atoms with van der Waals surface area (Å²) < 4.78 is 0. The lowest BCUT2D eigenvalue weighted by molar-refractivity contribution is 0.477. The van der Waals surface area contributed by atoms with Crippen molar-refractivity contribution in [2.45, 2.75) is 20.8 Å². The third kappa shape index (κ3) is 2.91. The van der Waals surface area contributed by atoms with Gasteiger partial charge in [0, 0.05) is 36.0 Å². The Morgan fingerprint density at radius 2 is 1.86 bits per heavy atom. The van der Waals surface area contributed by atoms with Gasteiger partial charge in [-0.25, -0.2) is 0 Å². The minimum atomic E-state index is 0.00548. The molecule has 2 rings (SSSR count). The molecule has 22 heavy (non-hydrogen) atoms. The number of nitrogens with zero attached hydrogens (tertiary/aromatic N) is 1. The summed E-state index contributed by atoms with van der Waals surface area (Å²) >= 11 is 0. The highest BCUT2D eigenvalue weighted by atomic mass is 16.3. The molecule has 0 spiro atoms. The maximum absolute atomic E-state index is 10.5. The normalized spacial score (nSPS) is 10.5. The predicted molar refractivity (Wildman–Crippen MR) is 92.9 cm³/mol. The smallest absolute Gasteiger partial charge is 0.125 e. The second kappa shape index (κ2) is 6.52. The number of phenolic OH excluding ortho intramolecular Hbond substituents is 1. The van der Waals surface area contributed by atoms with E-state index in [2.05, 4.69) is 18.7 Å². The average molecular weight is 297 g/mol. The molecule has 0 aromatic heterocycles. The molecule has 2 aromatic rings. The van der Waals surface area contributed by atoms with Crippen LogP contribution in [0.1, 0.15) is 25.0 Å². The van der Waals surface area contributed by atoms with Gasteiger partial charge >= 0.3 is 0 Å². The van der Waals surface area contributed by atoms with Gasteiger partial charge < -0.3 is 15.7 Å². The van der Waals surface area contributed by atoms with Gasteiger partial charge in [-0.1, -0.05) is 18.2 Å². The summed E-state index contributed by atoms with van der Waals surface area (Å²) in [4.78, 5) is 2.17. The molecule has 0 aliphatic rings. The van der Waals surface area contributed by atoms with Crippen molar-refractivity contribution in [1.82, 2.24) is 0 Å². The van der Waals surface area contributed by atoms with E-state index in [-0.39, 0.29) is 11.6 Å². The van der Waals surface area contributed by atoms with E-state index in [9.17, 15) is 5.11 Å². The molecule has 0 heterocycles. The molecule has 0 radical (unpaired) electrons. The Hall–Kier alpha value is -2.49. The van der Waals surface area contributed by atoms with E-state index in [1.165, 1.54) is 0 Å². The standard InChI is InChI=1S/C18H23N3O/c1-4-21(5-2)13-9-10-14(16(22)11-13)17-12(3)7-6-8-15(17)18(19)20/h6-11,22H,4-5H2,1-3H3,(H3,19,20). The lowest BCUT2D eigenvalue weighted by Gasteiger charge is -2.22. The summed E-state index contributed by atoms with van der Waals surface area (Å²) in [6, 6.07) is 11.3. The van der Waals surface area contributed by atoms with Crippen LogP contribution >= 0.6 is 0 Å². The number of nitrogens with two attached hydrogens (primary N) is 1. The van der Waals surface area contributed by atoms with Crippen molar-refractivity contribution >= 4 is 11.5 Å². The summed E-state index contributed by atoms with van der Waals surface area (Å²) in [6.45, 7) is 7.91. The van der Waals surface area contributed by atoms with Crippen molar-refractivity contribution in [2.24, 2.45) is 5.73 Å². The minimum absolute atomic E-state index is 0.00548. The molecule has 2 aromatic carbocycles. The molecule has 0 aliphatic heterocycles. The highest BCUT2D eigenvalue weighted by Gasteiger charge is 2.15. The first-order valence-corrected chi connectivity index (χ1v) is 7.51. The zero-order valence-electron chi connectivity index (χ0n) is 13.4. The van der Waals surface area contributed by atoms with Crippen molar-refractivity contribution in [3.63, 3.8) is 0 Å². The van der Waals surface area contributed by atoms with Gasteiger partial charge in [0.15, 0.2) is 0 Å². The van der Waals surface area contributed by atoms with E-state index in [0.717, 1.165) is 29.9 Å². The third-order valence-corrected chi connectivity index (χ3v) is 3.94. The molecule has 0 fully saturated rings. The molecule has 0 aliphatic carbocycles. The van der Waals surface area contributed by atoms with E-state index < -0.39 is 0 Å². The van der Waals surface area contributed by atoms with Crippen molar-refractivity contribution in [1.29, 1.82) is 5.41 Å². The fraction of sp³-hybridized carbons (Fsp3) is 0.278. The molecule has 0 saturated carbocycles.